The van der Waals surface area contributed by atoms with Crippen LogP contribution in [0.4, 0.5) is 0 Å². The van der Waals surface area contributed by atoms with E-state index < -0.39 is 0 Å². The Hall–Kier alpha value is -1.35. The quantitative estimate of drug-likeness (QED) is 0.798. The molecule has 3 fully saturated rings. The lowest BCUT2D eigenvalue weighted by Crippen LogP contribution is -2.56. The van der Waals surface area contributed by atoms with Crippen LogP contribution in [0.5, 0.6) is 0 Å². The molecule has 1 aliphatic carbocycles. The summed E-state index contributed by atoms with van der Waals surface area (Å²) in [6.07, 6.45) is 2.65. The third-order valence-electron chi connectivity index (χ3n) is 4.08. The molecule has 3 unspecified atom stereocenters. The molecule has 1 amide bonds. The Kier molecular flexibility index (Phi) is 2.63. The zero-order valence-corrected chi connectivity index (χ0v) is 9.75. The first-order chi connectivity index (χ1) is 8.25. The Morgan fingerprint density at radius 2 is 2.00 bits per heavy atom. The predicted molar refractivity (Wildman–Crippen MR) is 64.6 cm³/mol. The van der Waals surface area contributed by atoms with Crippen molar-refractivity contribution < 1.29 is 9.90 Å². The molecule has 3 nitrogen and oxygen atoms in total. The molecule has 2 saturated heterocycles. The van der Waals surface area contributed by atoms with Gasteiger partial charge in [-0.2, -0.15) is 0 Å². The average molecular weight is 231 g/mol. The fraction of sp³-hybridized carbons (Fsp3) is 0.500. The highest BCUT2D eigenvalue weighted by atomic mass is 16.3. The summed E-state index contributed by atoms with van der Waals surface area (Å²) in [5.74, 6) is 0.403. The lowest BCUT2D eigenvalue weighted by molar-refractivity contribution is -0.0375. The highest BCUT2D eigenvalue weighted by molar-refractivity contribution is 5.94. The highest BCUT2D eigenvalue weighted by Gasteiger charge is 2.41. The van der Waals surface area contributed by atoms with Crippen LogP contribution in [-0.4, -0.2) is 34.6 Å². The molecule has 1 saturated carbocycles. The number of benzene rings is 1. The number of aliphatic hydroxyl groups excluding tert-OH is 1. The third-order valence-corrected chi connectivity index (χ3v) is 4.08. The van der Waals surface area contributed by atoms with Crippen LogP contribution in [0, 0.1) is 5.92 Å². The number of aliphatic hydroxyl groups is 1. The Labute approximate surface area is 101 Å². The average Bonchev–Trinajstić information content (AvgIpc) is 2.39. The van der Waals surface area contributed by atoms with Gasteiger partial charge in [0.2, 0.25) is 0 Å². The molecule has 3 heteroatoms. The van der Waals surface area contributed by atoms with Gasteiger partial charge in [0.1, 0.15) is 0 Å². The highest BCUT2D eigenvalue weighted by Crippen LogP contribution is 2.35. The number of piperidine rings is 2. The summed E-state index contributed by atoms with van der Waals surface area (Å²) in [7, 11) is 0. The van der Waals surface area contributed by atoms with Crippen LogP contribution in [0.15, 0.2) is 30.3 Å². The number of hydrogen-bond donors (Lipinski definition) is 1. The van der Waals surface area contributed by atoms with E-state index in [0.29, 0.717) is 0 Å². The number of rotatable bonds is 1. The van der Waals surface area contributed by atoms with Gasteiger partial charge in [-0.25, -0.2) is 0 Å². The second-order valence-corrected chi connectivity index (χ2v) is 5.12. The molecule has 1 aromatic carbocycles. The molecule has 0 radical (unpaired) electrons. The van der Waals surface area contributed by atoms with Crippen molar-refractivity contribution in [3.63, 3.8) is 0 Å². The zero-order valence-electron chi connectivity index (χ0n) is 9.75. The van der Waals surface area contributed by atoms with Crippen molar-refractivity contribution in [2.24, 2.45) is 5.92 Å². The molecule has 2 aliphatic heterocycles. The molecule has 2 bridgehead atoms. The second-order valence-electron chi connectivity index (χ2n) is 5.12. The van der Waals surface area contributed by atoms with E-state index in [2.05, 4.69) is 0 Å². The van der Waals surface area contributed by atoms with Gasteiger partial charge in [-0.1, -0.05) is 18.2 Å². The number of fused-ring (bicyclic) bond motifs is 3. The lowest BCUT2D eigenvalue weighted by atomic mass is 9.77. The first kappa shape index (κ1) is 10.8. The summed E-state index contributed by atoms with van der Waals surface area (Å²) >= 11 is 0. The van der Waals surface area contributed by atoms with Crippen molar-refractivity contribution >= 4 is 5.91 Å². The zero-order chi connectivity index (χ0) is 11.8. The summed E-state index contributed by atoms with van der Waals surface area (Å²) in [5.41, 5.74) is 0.759. The largest absolute Gasteiger partial charge is 0.393 e. The fourth-order valence-corrected chi connectivity index (χ4v) is 3.08. The van der Waals surface area contributed by atoms with Gasteiger partial charge >= 0.3 is 0 Å². The molecule has 0 aromatic heterocycles. The van der Waals surface area contributed by atoms with Gasteiger partial charge in [0.05, 0.1) is 6.10 Å². The van der Waals surface area contributed by atoms with E-state index >= 15 is 0 Å². The summed E-state index contributed by atoms with van der Waals surface area (Å²) in [4.78, 5) is 14.3. The van der Waals surface area contributed by atoms with Crippen LogP contribution in [0.2, 0.25) is 0 Å². The molecule has 0 spiro atoms. The Morgan fingerprint density at radius 1 is 1.24 bits per heavy atom. The molecule has 1 N–H and O–H groups in total. The van der Waals surface area contributed by atoms with Gasteiger partial charge in [0, 0.05) is 24.1 Å². The second kappa shape index (κ2) is 4.15. The Balaban J connectivity index is 1.80. The number of carbonyl (C=O) groups is 1. The number of nitrogens with zero attached hydrogens (tertiary/aromatic N) is 1. The number of carbonyl (C=O) groups excluding carboxylic acids is 1. The summed E-state index contributed by atoms with van der Waals surface area (Å²) in [6.45, 7) is 0.722. The van der Waals surface area contributed by atoms with Crippen LogP contribution in [0.3, 0.4) is 0 Å². The van der Waals surface area contributed by atoms with Gasteiger partial charge in [-0.05, 0) is 31.4 Å². The molecule has 1 aromatic rings. The normalized spacial score (nSPS) is 31.6. The summed E-state index contributed by atoms with van der Waals surface area (Å²) < 4.78 is 0. The Morgan fingerprint density at radius 3 is 2.59 bits per heavy atom. The smallest absolute Gasteiger partial charge is 0.254 e. The van der Waals surface area contributed by atoms with E-state index in [1.165, 1.54) is 0 Å². The van der Waals surface area contributed by atoms with Crippen molar-refractivity contribution in [3.8, 4) is 0 Å². The maximum atomic E-state index is 12.3. The van der Waals surface area contributed by atoms with Crippen molar-refractivity contribution in [1.29, 1.82) is 0 Å². The monoisotopic (exact) mass is 231 g/mol. The molecule has 2 heterocycles. The van der Waals surface area contributed by atoms with Crippen molar-refractivity contribution in [1.82, 2.24) is 4.90 Å². The fourth-order valence-electron chi connectivity index (χ4n) is 3.08. The van der Waals surface area contributed by atoms with Gasteiger partial charge in [-0.15, -0.1) is 0 Å². The van der Waals surface area contributed by atoms with Crippen LogP contribution >= 0.6 is 0 Å². The van der Waals surface area contributed by atoms with E-state index in [4.69, 9.17) is 0 Å². The van der Waals surface area contributed by atoms with E-state index in [0.717, 1.165) is 31.4 Å². The maximum absolute atomic E-state index is 12.3. The van der Waals surface area contributed by atoms with Gasteiger partial charge in [0.25, 0.3) is 5.91 Å². The molecule has 3 aliphatic rings. The van der Waals surface area contributed by atoms with Crippen molar-refractivity contribution in [3.05, 3.63) is 35.9 Å². The predicted octanol–water partition coefficient (Wildman–Crippen LogP) is 1.67. The van der Waals surface area contributed by atoms with Crippen LogP contribution < -0.4 is 0 Å². The van der Waals surface area contributed by atoms with Crippen molar-refractivity contribution in [2.75, 3.05) is 6.54 Å². The first-order valence-corrected chi connectivity index (χ1v) is 6.30. The molecule has 90 valence electrons. The molecular weight excluding hydrogens is 214 g/mol. The third kappa shape index (κ3) is 1.84. The standard InChI is InChI=1S/C14H17NO2/c16-13-8-12-7-6-11(13)9-15(12)14(17)10-4-2-1-3-5-10/h1-5,11-13,16H,6-9H2. The minimum Gasteiger partial charge on any atom is -0.393 e. The molecule has 4 rings (SSSR count). The molecule has 17 heavy (non-hydrogen) atoms. The lowest BCUT2D eigenvalue weighted by Gasteiger charge is -2.47. The van der Waals surface area contributed by atoms with Crippen molar-refractivity contribution in [2.45, 2.75) is 31.4 Å². The number of hydrogen-bond acceptors (Lipinski definition) is 2. The first-order valence-electron chi connectivity index (χ1n) is 6.30. The Bertz CT molecular complexity index is 417. The summed E-state index contributed by atoms with van der Waals surface area (Å²) in [6, 6.07) is 9.67. The van der Waals surface area contributed by atoms with E-state index in [1.54, 1.807) is 0 Å². The SMILES string of the molecule is O=C(c1ccccc1)N1CC2CCC1CC2O. The van der Waals surface area contributed by atoms with Crippen LogP contribution in [0.1, 0.15) is 29.6 Å². The topological polar surface area (TPSA) is 40.5 Å². The van der Waals surface area contributed by atoms with Gasteiger partial charge in [0.15, 0.2) is 0 Å². The number of amides is 1. The minimum absolute atomic E-state index is 0.118. The minimum atomic E-state index is -0.200. The van der Waals surface area contributed by atoms with E-state index in [9.17, 15) is 9.90 Å². The van der Waals surface area contributed by atoms with Crippen LogP contribution in [0.25, 0.3) is 0 Å². The van der Waals surface area contributed by atoms with E-state index in [-0.39, 0.29) is 24.0 Å². The van der Waals surface area contributed by atoms with Crippen LogP contribution in [-0.2, 0) is 0 Å². The van der Waals surface area contributed by atoms with E-state index in [1.807, 2.05) is 35.2 Å². The van der Waals surface area contributed by atoms with Gasteiger partial charge in [-0.3, -0.25) is 4.79 Å². The maximum Gasteiger partial charge on any atom is 0.254 e. The molecule has 3 atom stereocenters. The van der Waals surface area contributed by atoms with Gasteiger partial charge < -0.3 is 10.0 Å². The molecular formula is C14H17NO2. The summed E-state index contributed by atoms with van der Waals surface area (Å²) in [5, 5.41) is 9.83.